The summed E-state index contributed by atoms with van der Waals surface area (Å²) in [4.78, 5) is 16.1. The second kappa shape index (κ2) is 6.73. The van der Waals surface area contributed by atoms with Gasteiger partial charge in [-0.3, -0.25) is 4.79 Å². The maximum absolute atomic E-state index is 12.0. The van der Waals surface area contributed by atoms with Gasteiger partial charge >= 0.3 is 0 Å². The van der Waals surface area contributed by atoms with Crippen molar-refractivity contribution < 1.29 is 14.3 Å². The summed E-state index contributed by atoms with van der Waals surface area (Å²) in [6.07, 6.45) is 0.447. The van der Waals surface area contributed by atoms with Crippen LogP contribution in [0.1, 0.15) is 34.1 Å². The molecule has 0 saturated carbocycles. The summed E-state index contributed by atoms with van der Waals surface area (Å²) >= 11 is 0. The third-order valence-corrected chi connectivity index (χ3v) is 2.72. The molecule has 0 atom stereocenters. The number of aliphatic hydroxyl groups is 1. The van der Waals surface area contributed by atoms with E-state index in [9.17, 15) is 4.79 Å². The first-order valence-electron chi connectivity index (χ1n) is 6.55. The van der Waals surface area contributed by atoms with Gasteiger partial charge in [-0.25, -0.2) is 4.98 Å². The van der Waals surface area contributed by atoms with Gasteiger partial charge in [-0.05, 0) is 31.2 Å². The van der Waals surface area contributed by atoms with E-state index >= 15 is 0 Å². The Morgan fingerprint density at radius 2 is 2.05 bits per heavy atom. The van der Waals surface area contributed by atoms with Gasteiger partial charge in [0.1, 0.15) is 0 Å². The molecule has 1 aromatic heterocycles. The van der Waals surface area contributed by atoms with Crippen molar-refractivity contribution in [2.45, 2.75) is 20.3 Å². The molecule has 108 valence electrons. The highest BCUT2D eigenvalue weighted by Gasteiger charge is 2.15. The number of aliphatic hydroxyl groups excluding tert-OH is 1. The number of hydrogen-bond donors (Lipinski definition) is 2. The Labute approximate surface area is 123 Å². The Balaban J connectivity index is 2.05. The molecule has 0 unspecified atom stereocenters. The normalized spacial score (nSPS) is 9.86. The third-order valence-electron chi connectivity index (χ3n) is 2.72. The predicted molar refractivity (Wildman–Crippen MR) is 79.0 cm³/mol. The van der Waals surface area contributed by atoms with Gasteiger partial charge in [0.15, 0.2) is 5.89 Å². The van der Waals surface area contributed by atoms with Crippen LogP contribution in [0.25, 0.3) is 0 Å². The highest BCUT2D eigenvalue weighted by molar-refractivity contribution is 6.02. The van der Waals surface area contributed by atoms with Crippen LogP contribution < -0.4 is 5.32 Å². The van der Waals surface area contributed by atoms with Gasteiger partial charge in [0.05, 0.1) is 12.3 Å². The number of nitrogens with zero attached hydrogens (tertiary/aromatic N) is 1. The molecule has 0 spiro atoms. The van der Waals surface area contributed by atoms with Crippen LogP contribution >= 0.6 is 0 Å². The Bertz CT molecular complexity index is 691. The topological polar surface area (TPSA) is 75.4 Å². The number of benzene rings is 1. The van der Waals surface area contributed by atoms with E-state index in [1.54, 1.807) is 38.1 Å². The number of aryl methyl sites for hydroxylation is 2. The van der Waals surface area contributed by atoms with Crippen molar-refractivity contribution in [3.8, 4) is 11.8 Å². The molecule has 2 N–H and O–H groups in total. The number of oxazole rings is 1. The van der Waals surface area contributed by atoms with Crippen molar-refractivity contribution in [2.75, 3.05) is 11.9 Å². The number of carbonyl (C=O) groups excluding carboxylic acids is 1. The maximum atomic E-state index is 12.0. The molecular formula is C16H16N2O3. The van der Waals surface area contributed by atoms with Gasteiger partial charge in [0.25, 0.3) is 5.91 Å². The van der Waals surface area contributed by atoms with E-state index in [1.807, 2.05) is 0 Å². The minimum atomic E-state index is -0.327. The van der Waals surface area contributed by atoms with Crippen LogP contribution in [-0.4, -0.2) is 22.6 Å². The molecule has 0 aliphatic carbocycles. The van der Waals surface area contributed by atoms with Crippen LogP contribution in [0.5, 0.6) is 0 Å². The van der Waals surface area contributed by atoms with Crippen LogP contribution in [0.4, 0.5) is 5.69 Å². The lowest BCUT2D eigenvalue weighted by molar-refractivity contribution is 0.0994. The summed E-state index contributed by atoms with van der Waals surface area (Å²) < 4.78 is 5.27. The Hall–Kier alpha value is -2.58. The number of carbonyl (C=O) groups is 1. The molecule has 2 aromatic rings. The summed E-state index contributed by atoms with van der Waals surface area (Å²) in [5.41, 5.74) is 2.05. The molecule has 0 bridgehead atoms. The van der Waals surface area contributed by atoms with Crippen molar-refractivity contribution in [2.24, 2.45) is 0 Å². The number of aromatic nitrogens is 1. The standard InChI is InChI=1S/C16H16N2O3/c1-11-15(21-12(2)17-11)16(20)18-14-8-6-13(7-9-14)5-3-4-10-19/h6-9,19H,4,10H2,1-2H3,(H,18,20). The quantitative estimate of drug-likeness (QED) is 0.848. The smallest absolute Gasteiger partial charge is 0.293 e. The first-order valence-corrected chi connectivity index (χ1v) is 6.55. The minimum Gasteiger partial charge on any atom is -0.436 e. The zero-order valence-corrected chi connectivity index (χ0v) is 11.9. The first kappa shape index (κ1) is 14.8. The van der Waals surface area contributed by atoms with Crippen molar-refractivity contribution in [3.63, 3.8) is 0 Å². The average molecular weight is 284 g/mol. The van der Waals surface area contributed by atoms with Crippen molar-refractivity contribution in [3.05, 3.63) is 47.2 Å². The SMILES string of the molecule is Cc1nc(C)c(C(=O)Nc2ccc(C#CCCO)cc2)o1. The molecule has 2 rings (SSSR count). The number of nitrogens with one attached hydrogen (secondary N) is 1. The Kier molecular flexibility index (Phi) is 4.75. The van der Waals surface area contributed by atoms with E-state index in [0.717, 1.165) is 5.56 Å². The molecule has 5 heteroatoms. The van der Waals surface area contributed by atoms with Gasteiger partial charge in [-0.15, -0.1) is 0 Å². The molecule has 0 saturated heterocycles. The predicted octanol–water partition coefficient (Wildman–Crippen LogP) is 2.28. The average Bonchev–Trinajstić information content (AvgIpc) is 2.80. The molecule has 0 fully saturated rings. The van der Waals surface area contributed by atoms with Crippen LogP contribution in [0.2, 0.25) is 0 Å². The fourth-order valence-corrected chi connectivity index (χ4v) is 1.79. The van der Waals surface area contributed by atoms with E-state index in [0.29, 0.717) is 23.7 Å². The van der Waals surface area contributed by atoms with Crippen molar-refractivity contribution >= 4 is 11.6 Å². The van der Waals surface area contributed by atoms with Gasteiger partial charge in [0, 0.05) is 24.6 Å². The number of amides is 1. The highest BCUT2D eigenvalue weighted by Crippen LogP contribution is 2.14. The monoisotopic (exact) mass is 284 g/mol. The maximum Gasteiger partial charge on any atom is 0.293 e. The molecule has 5 nitrogen and oxygen atoms in total. The van der Waals surface area contributed by atoms with Crippen LogP contribution in [0.3, 0.4) is 0 Å². The molecule has 0 aliphatic rings. The number of hydrogen-bond acceptors (Lipinski definition) is 4. The van der Waals surface area contributed by atoms with Crippen LogP contribution in [0.15, 0.2) is 28.7 Å². The van der Waals surface area contributed by atoms with Gasteiger partial charge < -0.3 is 14.8 Å². The van der Waals surface area contributed by atoms with Crippen molar-refractivity contribution in [1.82, 2.24) is 4.98 Å². The van der Waals surface area contributed by atoms with Gasteiger partial charge in [0.2, 0.25) is 5.76 Å². The Morgan fingerprint density at radius 1 is 1.33 bits per heavy atom. The largest absolute Gasteiger partial charge is 0.436 e. The third kappa shape index (κ3) is 3.94. The molecule has 1 amide bonds. The van der Waals surface area contributed by atoms with E-state index in [1.165, 1.54) is 0 Å². The zero-order chi connectivity index (χ0) is 15.2. The number of rotatable bonds is 3. The van der Waals surface area contributed by atoms with Gasteiger partial charge in [-0.2, -0.15) is 0 Å². The summed E-state index contributed by atoms with van der Waals surface area (Å²) in [6.45, 7) is 3.48. The van der Waals surface area contributed by atoms with E-state index in [-0.39, 0.29) is 18.3 Å². The molecular weight excluding hydrogens is 268 g/mol. The van der Waals surface area contributed by atoms with E-state index in [2.05, 4.69) is 22.1 Å². The zero-order valence-electron chi connectivity index (χ0n) is 11.9. The minimum absolute atomic E-state index is 0.0527. The fourth-order valence-electron chi connectivity index (χ4n) is 1.79. The second-order valence-electron chi connectivity index (χ2n) is 4.45. The summed E-state index contributed by atoms with van der Waals surface area (Å²) in [5, 5.41) is 11.4. The van der Waals surface area contributed by atoms with E-state index < -0.39 is 0 Å². The Morgan fingerprint density at radius 3 is 2.62 bits per heavy atom. The lowest BCUT2D eigenvalue weighted by Crippen LogP contribution is -2.12. The number of anilines is 1. The highest BCUT2D eigenvalue weighted by atomic mass is 16.4. The molecule has 21 heavy (non-hydrogen) atoms. The molecule has 0 radical (unpaired) electrons. The van der Waals surface area contributed by atoms with Gasteiger partial charge in [-0.1, -0.05) is 11.8 Å². The molecule has 0 aliphatic heterocycles. The van der Waals surface area contributed by atoms with Crippen molar-refractivity contribution in [1.29, 1.82) is 0 Å². The first-order chi connectivity index (χ1) is 10.1. The molecule has 1 aromatic carbocycles. The molecule has 1 heterocycles. The van der Waals surface area contributed by atoms with Crippen LogP contribution in [-0.2, 0) is 0 Å². The summed E-state index contributed by atoms with van der Waals surface area (Å²) in [6, 6.07) is 7.13. The van der Waals surface area contributed by atoms with E-state index in [4.69, 9.17) is 9.52 Å². The fraction of sp³-hybridized carbons (Fsp3) is 0.250. The summed E-state index contributed by atoms with van der Waals surface area (Å²) in [5.74, 6) is 6.12. The second-order valence-corrected chi connectivity index (χ2v) is 4.45. The summed E-state index contributed by atoms with van der Waals surface area (Å²) in [7, 11) is 0. The lowest BCUT2D eigenvalue weighted by atomic mass is 10.2. The van der Waals surface area contributed by atoms with Crippen LogP contribution in [0, 0.1) is 25.7 Å². The lowest BCUT2D eigenvalue weighted by Gasteiger charge is -2.03.